The molecular formula is C23H21N5O5. The average molecular weight is 447 g/mol. The van der Waals surface area contributed by atoms with E-state index in [1.807, 2.05) is 44.2 Å². The van der Waals surface area contributed by atoms with E-state index >= 15 is 0 Å². The fourth-order valence-corrected chi connectivity index (χ4v) is 3.98. The largest absolute Gasteiger partial charge is 0.350 e. The molecule has 10 nitrogen and oxygen atoms in total. The van der Waals surface area contributed by atoms with Crippen LogP contribution in [0.1, 0.15) is 44.6 Å². The summed E-state index contributed by atoms with van der Waals surface area (Å²) in [6.07, 6.45) is 0. The van der Waals surface area contributed by atoms with Crippen LogP contribution in [0.15, 0.2) is 48.5 Å². The molecule has 3 aromatic rings. The third kappa shape index (κ3) is 3.65. The Morgan fingerprint density at radius 2 is 1.79 bits per heavy atom. The number of fused-ring (bicyclic) bond motifs is 1. The average Bonchev–Trinajstić information content (AvgIpc) is 3.24. The van der Waals surface area contributed by atoms with Crippen molar-refractivity contribution < 1.29 is 19.3 Å². The molecule has 33 heavy (non-hydrogen) atoms. The maximum atomic E-state index is 12.8. The number of aryl methyl sites for hydroxylation is 1. The summed E-state index contributed by atoms with van der Waals surface area (Å²) >= 11 is 0. The Morgan fingerprint density at radius 1 is 1.09 bits per heavy atom. The number of hydrogen-bond acceptors (Lipinski definition) is 6. The summed E-state index contributed by atoms with van der Waals surface area (Å²) in [6.45, 7) is 5.29. The maximum absolute atomic E-state index is 12.8. The van der Waals surface area contributed by atoms with E-state index in [9.17, 15) is 24.5 Å². The van der Waals surface area contributed by atoms with Gasteiger partial charge in [-0.05, 0) is 39.0 Å². The van der Waals surface area contributed by atoms with Crippen molar-refractivity contribution >= 4 is 23.4 Å². The van der Waals surface area contributed by atoms with E-state index in [2.05, 4.69) is 10.4 Å². The molecule has 0 aliphatic carbocycles. The molecule has 0 spiro atoms. The molecule has 0 saturated heterocycles. The number of nitrogens with zero attached hydrogens (tertiary/aromatic N) is 4. The van der Waals surface area contributed by atoms with Gasteiger partial charge in [0.1, 0.15) is 11.6 Å². The minimum atomic E-state index is -1.15. The van der Waals surface area contributed by atoms with Crippen LogP contribution in [0.25, 0.3) is 5.69 Å². The fraction of sp³-hybridized carbons (Fsp3) is 0.217. The molecule has 1 N–H and O–H groups in total. The predicted molar refractivity (Wildman–Crippen MR) is 118 cm³/mol. The second kappa shape index (κ2) is 8.30. The summed E-state index contributed by atoms with van der Waals surface area (Å²) < 4.78 is 1.78. The number of nitrogens with one attached hydrogen (secondary N) is 1. The first kappa shape index (κ1) is 21.9. The number of rotatable bonds is 6. The fourth-order valence-electron chi connectivity index (χ4n) is 3.98. The molecule has 2 heterocycles. The molecule has 2 aromatic carbocycles. The van der Waals surface area contributed by atoms with Crippen LogP contribution in [-0.2, 0) is 11.3 Å². The molecule has 1 aliphatic rings. The summed E-state index contributed by atoms with van der Waals surface area (Å²) in [4.78, 5) is 49.8. The zero-order valence-corrected chi connectivity index (χ0v) is 18.2. The van der Waals surface area contributed by atoms with Crippen molar-refractivity contribution in [1.82, 2.24) is 20.0 Å². The first-order valence-corrected chi connectivity index (χ1v) is 10.3. The molecule has 1 aromatic heterocycles. The van der Waals surface area contributed by atoms with Gasteiger partial charge in [-0.3, -0.25) is 29.4 Å². The van der Waals surface area contributed by atoms with Gasteiger partial charge in [0.25, 0.3) is 17.5 Å². The maximum Gasteiger partial charge on any atom is 0.282 e. The molecule has 3 amide bonds. The van der Waals surface area contributed by atoms with Gasteiger partial charge >= 0.3 is 0 Å². The van der Waals surface area contributed by atoms with Gasteiger partial charge < -0.3 is 5.32 Å². The van der Waals surface area contributed by atoms with Crippen molar-refractivity contribution in [2.75, 3.05) is 0 Å². The lowest BCUT2D eigenvalue weighted by Gasteiger charge is -2.21. The van der Waals surface area contributed by atoms with E-state index in [0.29, 0.717) is 0 Å². The third-order valence-corrected chi connectivity index (χ3v) is 5.77. The third-order valence-electron chi connectivity index (χ3n) is 5.77. The molecule has 168 valence electrons. The van der Waals surface area contributed by atoms with Gasteiger partial charge in [0.15, 0.2) is 0 Å². The Balaban J connectivity index is 1.52. The van der Waals surface area contributed by atoms with Crippen LogP contribution >= 0.6 is 0 Å². The lowest BCUT2D eigenvalue weighted by Crippen LogP contribution is -2.47. The molecule has 0 unspecified atom stereocenters. The van der Waals surface area contributed by atoms with E-state index in [1.54, 1.807) is 4.68 Å². The zero-order chi connectivity index (χ0) is 23.9. The molecule has 0 bridgehead atoms. The SMILES string of the molecule is Cc1nn(-c2ccccc2)c(C)c1CNC(=O)[C@H](C)N1C(=O)c2cccc([N+](=O)[O-])c2C1=O. The normalized spacial score (nSPS) is 13.7. The molecular weight excluding hydrogens is 426 g/mol. The summed E-state index contributed by atoms with van der Waals surface area (Å²) in [5.74, 6) is -2.14. The van der Waals surface area contributed by atoms with Crippen LogP contribution in [0.2, 0.25) is 0 Å². The summed E-state index contributed by atoms with van der Waals surface area (Å²) in [5.41, 5.74) is 2.46. The summed E-state index contributed by atoms with van der Waals surface area (Å²) in [6, 6.07) is 12.3. The Morgan fingerprint density at radius 3 is 2.45 bits per heavy atom. The number of para-hydroxylation sites is 1. The minimum absolute atomic E-state index is 0.0790. The molecule has 10 heteroatoms. The van der Waals surface area contributed by atoms with E-state index in [-0.39, 0.29) is 17.7 Å². The van der Waals surface area contributed by atoms with Crippen molar-refractivity contribution in [3.8, 4) is 5.69 Å². The van der Waals surface area contributed by atoms with Gasteiger partial charge in [-0.1, -0.05) is 24.3 Å². The number of hydrogen-bond donors (Lipinski definition) is 1. The summed E-state index contributed by atoms with van der Waals surface area (Å²) in [5, 5.41) is 18.6. The van der Waals surface area contributed by atoms with Crippen molar-refractivity contribution in [2.45, 2.75) is 33.4 Å². The van der Waals surface area contributed by atoms with Crippen molar-refractivity contribution in [1.29, 1.82) is 0 Å². The van der Waals surface area contributed by atoms with Crippen LogP contribution < -0.4 is 5.32 Å². The standard InChI is InChI=1S/C23H21N5O5/c1-13-18(14(2)27(25-13)16-8-5-4-6-9-16)12-24-21(29)15(3)26-22(30)17-10-7-11-19(28(32)33)20(17)23(26)31/h4-11,15H,12H2,1-3H3,(H,24,29)/t15-/m0/s1. The smallest absolute Gasteiger partial charge is 0.282 e. The van der Waals surface area contributed by atoms with E-state index in [0.717, 1.165) is 33.6 Å². The monoisotopic (exact) mass is 447 g/mol. The molecule has 4 rings (SSSR count). The Hall–Kier alpha value is -4.34. The number of nitro groups is 1. The van der Waals surface area contributed by atoms with Gasteiger partial charge in [-0.15, -0.1) is 0 Å². The quantitative estimate of drug-likeness (QED) is 0.352. The molecule has 0 fully saturated rings. The highest BCUT2D eigenvalue weighted by molar-refractivity contribution is 6.24. The second-order valence-electron chi connectivity index (χ2n) is 7.73. The van der Waals surface area contributed by atoms with Gasteiger partial charge in [0, 0.05) is 23.9 Å². The van der Waals surface area contributed by atoms with Crippen LogP contribution in [0.3, 0.4) is 0 Å². The predicted octanol–water partition coefficient (Wildman–Crippen LogP) is 2.70. The number of amides is 3. The van der Waals surface area contributed by atoms with Crippen LogP contribution in [-0.4, -0.2) is 43.4 Å². The first-order chi connectivity index (χ1) is 15.7. The number of aromatic nitrogens is 2. The Bertz CT molecular complexity index is 1300. The van der Waals surface area contributed by atoms with E-state index < -0.39 is 34.4 Å². The molecule has 0 saturated carbocycles. The molecule has 1 aliphatic heterocycles. The van der Waals surface area contributed by atoms with Gasteiger partial charge in [0.2, 0.25) is 5.91 Å². The highest BCUT2D eigenvalue weighted by atomic mass is 16.6. The first-order valence-electron chi connectivity index (χ1n) is 10.3. The lowest BCUT2D eigenvalue weighted by molar-refractivity contribution is -0.385. The number of carbonyl (C=O) groups excluding carboxylic acids is 3. The minimum Gasteiger partial charge on any atom is -0.350 e. The van der Waals surface area contributed by atoms with Crippen LogP contribution in [0.5, 0.6) is 0 Å². The number of imide groups is 1. The highest BCUT2D eigenvalue weighted by Crippen LogP contribution is 2.32. The van der Waals surface area contributed by atoms with Gasteiger partial charge in [-0.2, -0.15) is 5.10 Å². The van der Waals surface area contributed by atoms with E-state index in [4.69, 9.17) is 0 Å². The summed E-state index contributed by atoms with van der Waals surface area (Å²) in [7, 11) is 0. The van der Waals surface area contributed by atoms with Crippen molar-refractivity contribution in [2.24, 2.45) is 0 Å². The zero-order valence-electron chi connectivity index (χ0n) is 18.2. The topological polar surface area (TPSA) is 127 Å². The van der Waals surface area contributed by atoms with Crippen LogP contribution in [0, 0.1) is 24.0 Å². The lowest BCUT2D eigenvalue weighted by atomic mass is 10.1. The van der Waals surface area contributed by atoms with Gasteiger partial charge in [0.05, 0.1) is 21.9 Å². The molecule has 1 atom stereocenters. The number of benzene rings is 2. The number of nitro benzene ring substituents is 1. The van der Waals surface area contributed by atoms with Gasteiger partial charge in [-0.25, -0.2) is 4.68 Å². The van der Waals surface area contributed by atoms with Crippen molar-refractivity contribution in [3.05, 3.63) is 86.7 Å². The van der Waals surface area contributed by atoms with Crippen LogP contribution in [0.4, 0.5) is 5.69 Å². The van der Waals surface area contributed by atoms with E-state index in [1.165, 1.54) is 19.1 Å². The Labute approximate surface area is 189 Å². The highest BCUT2D eigenvalue weighted by Gasteiger charge is 2.44. The number of carbonyl (C=O) groups is 3. The second-order valence-corrected chi connectivity index (χ2v) is 7.73. The molecule has 0 radical (unpaired) electrons. The Kier molecular flexibility index (Phi) is 5.50. The van der Waals surface area contributed by atoms with Crippen molar-refractivity contribution in [3.63, 3.8) is 0 Å².